The molecule has 1 aliphatic carbocycles. The minimum atomic E-state index is -0.348. The fraction of sp³-hybridized carbons (Fsp3) is 0.421. The van der Waals surface area contributed by atoms with E-state index >= 15 is 0 Å². The van der Waals surface area contributed by atoms with Crippen LogP contribution in [-0.4, -0.2) is 39.4 Å². The average Bonchev–Trinajstić information content (AvgIpc) is 3.25. The Hall–Kier alpha value is -2.61. The number of benzene rings is 1. The van der Waals surface area contributed by atoms with E-state index in [1.807, 2.05) is 0 Å². The summed E-state index contributed by atoms with van der Waals surface area (Å²) in [6.45, 7) is 0.0481. The van der Waals surface area contributed by atoms with Crippen LogP contribution in [0, 0.1) is 0 Å². The molecule has 3 amide bonds. The number of hydrogen-bond donors (Lipinski definition) is 1. The first-order chi connectivity index (χ1) is 13.1. The molecule has 1 aliphatic heterocycles. The molecule has 2 heterocycles. The average molecular weight is 384 g/mol. The molecule has 1 fully saturated rings. The highest BCUT2D eigenvalue weighted by Crippen LogP contribution is 2.35. The molecule has 0 spiro atoms. The summed E-state index contributed by atoms with van der Waals surface area (Å²) in [5.41, 5.74) is 0.785. The zero-order valence-corrected chi connectivity index (χ0v) is 15.6. The predicted molar refractivity (Wildman–Crippen MR) is 101 cm³/mol. The Balaban J connectivity index is 1.32. The highest BCUT2D eigenvalue weighted by Gasteiger charge is 2.35. The number of amides is 3. The molecule has 1 aromatic carbocycles. The second-order valence-corrected chi connectivity index (χ2v) is 7.90. The van der Waals surface area contributed by atoms with Crippen LogP contribution in [0.25, 0.3) is 0 Å². The second kappa shape index (κ2) is 7.56. The molecular weight excluding hydrogens is 364 g/mol. The van der Waals surface area contributed by atoms with Gasteiger partial charge in [0, 0.05) is 18.9 Å². The van der Waals surface area contributed by atoms with E-state index in [0.29, 0.717) is 22.2 Å². The highest BCUT2D eigenvalue weighted by atomic mass is 32.1. The topological polar surface area (TPSA) is 92.3 Å². The van der Waals surface area contributed by atoms with Gasteiger partial charge < -0.3 is 5.32 Å². The quantitative estimate of drug-likeness (QED) is 0.799. The van der Waals surface area contributed by atoms with Crippen LogP contribution in [0.4, 0.5) is 5.13 Å². The lowest BCUT2D eigenvalue weighted by atomic mass is 9.90. The summed E-state index contributed by atoms with van der Waals surface area (Å²) in [4.78, 5) is 38.0. The molecule has 8 heteroatoms. The first-order valence-electron chi connectivity index (χ1n) is 9.22. The monoisotopic (exact) mass is 384 g/mol. The molecule has 0 radical (unpaired) electrons. The molecule has 2 aromatic rings. The van der Waals surface area contributed by atoms with Gasteiger partial charge in [-0.1, -0.05) is 42.7 Å². The van der Waals surface area contributed by atoms with Crippen molar-refractivity contribution in [3.05, 3.63) is 40.4 Å². The molecule has 0 atom stereocenters. The number of carbonyl (C=O) groups excluding carboxylic acids is 3. The van der Waals surface area contributed by atoms with Gasteiger partial charge in [-0.25, -0.2) is 0 Å². The van der Waals surface area contributed by atoms with Gasteiger partial charge in [0.25, 0.3) is 11.8 Å². The summed E-state index contributed by atoms with van der Waals surface area (Å²) in [6.07, 6.45) is 5.99. The van der Waals surface area contributed by atoms with Crippen molar-refractivity contribution in [1.82, 2.24) is 15.1 Å². The van der Waals surface area contributed by atoms with E-state index in [0.717, 1.165) is 22.7 Å². The first-order valence-corrected chi connectivity index (χ1v) is 10.0. The molecule has 140 valence electrons. The lowest BCUT2D eigenvalue weighted by Crippen LogP contribution is -2.32. The molecule has 0 unspecified atom stereocenters. The molecule has 7 nitrogen and oxygen atoms in total. The van der Waals surface area contributed by atoms with Gasteiger partial charge in [0.15, 0.2) is 0 Å². The Morgan fingerprint density at radius 3 is 2.41 bits per heavy atom. The van der Waals surface area contributed by atoms with Crippen molar-refractivity contribution in [2.75, 3.05) is 11.9 Å². The fourth-order valence-corrected chi connectivity index (χ4v) is 4.57. The Labute approximate surface area is 160 Å². The largest absolute Gasteiger partial charge is 0.300 e. The lowest BCUT2D eigenvalue weighted by Gasteiger charge is -2.18. The van der Waals surface area contributed by atoms with Gasteiger partial charge in [0.05, 0.1) is 11.1 Å². The maximum atomic E-state index is 12.3. The van der Waals surface area contributed by atoms with Crippen LogP contribution in [0.2, 0.25) is 0 Å². The van der Waals surface area contributed by atoms with Gasteiger partial charge >= 0.3 is 0 Å². The summed E-state index contributed by atoms with van der Waals surface area (Å²) in [5, 5.41) is 12.5. The fourth-order valence-electron chi connectivity index (χ4n) is 3.64. The van der Waals surface area contributed by atoms with E-state index < -0.39 is 0 Å². The number of nitrogens with one attached hydrogen (secondary N) is 1. The Morgan fingerprint density at radius 2 is 1.74 bits per heavy atom. The third-order valence-corrected chi connectivity index (χ3v) is 6.08. The van der Waals surface area contributed by atoms with Crippen LogP contribution in [0.1, 0.15) is 70.2 Å². The van der Waals surface area contributed by atoms with Gasteiger partial charge in [-0.3, -0.25) is 19.3 Å². The summed E-state index contributed by atoms with van der Waals surface area (Å²) in [5.74, 6) is -0.532. The molecule has 1 aromatic heterocycles. The van der Waals surface area contributed by atoms with Gasteiger partial charge in [-0.2, -0.15) is 0 Å². The van der Waals surface area contributed by atoms with Crippen molar-refractivity contribution in [1.29, 1.82) is 0 Å². The number of hydrogen-bond acceptors (Lipinski definition) is 6. The molecular formula is C19H20N4O3S. The zero-order valence-electron chi connectivity index (χ0n) is 14.8. The number of anilines is 1. The highest BCUT2D eigenvalue weighted by molar-refractivity contribution is 7.15. The summed E-state index contributed by atoms with van der Waals surface area (Å²) < 4.78 is 0. The number of nitrogens with zero attached hydrogens (tertiary/aromatic N) is 3. The molecule has 4 rings (SSSR count). The molecule has 27 heavy (non-hydrogen) atoms. The van der Waals surface area contributed by atoms with Gasteiger partial charge in [-0.15, -0.1) is 10.2 Å². The van der Waals surface area contributed by atoms with Crippen LogP contribution in [0.15, 0.2) is 24.3 Å². The van der Waals surface area contributed by atoms with Crippen molar-refractivity contribution >= 4 is 34.2 Å². The summed E-state index contributed by atoms with van der Waals surface area (Å²) in [7, 11) is 0. The summed E-state index contributed by atoms with van der Waals surface area (Å²) >= 11 is 1.42. The van der Waals surface area contributed by atoms with E-state index in [1.54, 1.807) is 24.3 Å². The maximum absolute atomic E-state index is 12.3. The van der Waals surface area contributed by atoms with Crippen LogP contribution >= 0.6 is 11.3 Å². The lowest BCUT2D eigenvalue weighted by molar-refractivity contribution is -0.116. The minimum Gasteiger partial charge on any atom is -0.300 e. The van der Waals surface area contributed by atoms with E-state index in [9.17, 15) is 14.4 Å². The number of fused-ring (bicyclic) bond motifs is 1. The van der Waals surface area contributed by atoms with Gasteiger partial charge in [0.1, 0.15) is 5.01 Å². The predicted octanol–water partition coefficient (Wildman–Crippen LogP) is 3.21. The maximum Gasteiger partial charge on any atom is 0.261 e. The van der Waals surface area contributed by atoms with Crippen molar-refractivity contribution < 1.29 is 14.4 Å². The normalized spacial score (nSPS) is 17.3. The SMILES string of the molecule is O=C(CCN1C(=O)c2ccccc2C1=O)Nc1nnc(C2CCCCC2)s1. The van der Waals surface area contributed by atoms with Crippen LogP contribution in [-0.2, 0) is 4.79 Å². The third kappa shape index (κ3) is 3.62. The number of imide groups is 1. The third-order valence-electron chi connectivity index (χ3n) is 5.08. The molecule has 0 saturated heterocycles. The number of rotatable bonds is 5. The van der Waals surface area contributed by atoms with E-state index in [4.69, 9.17) is 0 Å². The van der Waals surface area contributed by atoms with Crippen molar-refractivity contribution in [3.8, 4) is 0 Å². The van der Waals surface area contributed by atoms with E-state index in [1.165, 1.54) is 30.6 Å². The van der Waals surface area contributed by atoms with Gasteiger partial charge in [0.2, 0.25) is 11.0 Å². The van der Waals surface area contributed by atoms with E-state index in [2.05, 4.69) is 15.5 Å². The smallest absolute Gasteiger partial charge is 0.261 e. The van der Waals surface area contributed by atoms with Crippen molar-refractivity contribution in [3.63, 3.8) is 0 Å². The number of carbonyl (C=O) groups is 3. The van der Waals surface area contributed by atoms with Crippen LogP contribution < -0.4 is 5.32 Å². The molecule has 1 N–H and O–H groups in total. The standard InChI is InChI=1S/C19H20N4O3S/c24-15(20-19-22-21-16(27-19)12-6-2-1-3-7-12)10-11-23-17(25)13-8-4-5-9-14(13)18(23)26/h4-5,8-9,12H,1-3,6-7,10-11H2,(H,20,22,24). The number of aromatic nitrogens is 2. The van der Waals surface area contributed by atoms with Crippen molar-refractivity contribution in [2.24, 2.45) is 0 Å². The Bertz CT molecular complexity index is 854. The molecule has 0 bridgehead atoms. The van der Waals surface area contributed by atoms with Crippen LogP contribution in [0.5, 0.6) is 0 Å². The van der Waals surface area contributed by atoms with Crippen molar-refractivity contribution in [2.45, 2.75) is 44.4 Å². The Morgan fingerprint density at radius 1 is 1.07 bits per heavy atom. The minimum absolute atomic E-state index is 0.0316. The van der Waals surface area contributed by atoms with Crippen LogP contribution in [0.3, 0.4) is 0 Å². The van der Waals surface area contributed by atoms with Gasteiger partial charge in [-0.05, 0) is 25.0 Å². The second-order valence-electron chi connectivity index (χ2n) is 6.89. The summed E-state index contributed by atoms with van der Waals surface area (Å²) in [6, 6.07) is 6.70. The Kier molecular flexibility index (Phi) is 4.98. The molecule has 2 aliphatic rings. The van der Waals surface area contributed by atoms with E-state index in [-0.39, 0.29) is 30.7 Å². The zero-order chi connectivity index (χ0) is 18.8. The molecule has 1 saturated carbocycles. The first kappa shape index (κ1) is 17.8.